The first-order valence-corrected chi connectivity index (χ1v) is 4.37. The minimum absolute atomic E-state index is 0.107. The highest BCUT2D eigenvalue weighted by molar-refractivity contribution is 5.57. The summed E-state index contributed by atoms with van der Waals surface area (Å²) >= 11 is 0. The Morgan fingerprint density at radius 2 is 2.14 bits per heavy atom. The molecule has 1 N–H and O–H groups in total. The lowest BCUT2D eigenvalue weighted by atomic mass is 10.1. The number of nitrogens with zero attached hydrogens (tertiary/aromatic N) is 1. The highest BCUT2D eigenvalue weighted by Gasteiger charge is 1.98. The molecular weight excluding hydrogens is 176 g/mol. The summed E-state index contributed by atoms with van der Waals surface area (Å²) in [5.41, 5.74) is 2.67. The van der Waals surface area contributed by atoms with Crippen LogP contribution in [0.5, 0.6) is 0 Å². The molecule has 14 heavy (non-hydrogen) atoms. The van der Waals surface area contributed by atoms with Crippen molar-refractivity contribution in [2.45, 2.75) is 6.92 Å². The van der Waals surface area contributed by atoms with Gasteiger partial charge >= 0.3 is 0 Å². The molecule has 0 saturated heterocycles. The number of H-pyrrole nitrogens is 1. The Morgan fingerprint density at radius 1 is 1.29 bits per heavy atom. The van der Waals surface area contributed by atoms with E-state index in [0.29, 0.717) is 0 Å². The van der Waals surface area contributed by atoms with Gasteiger partial charge in [0.15, 0.2) is 0 Å². The van der Waals surface area contributed by atoms with Gasteiger partial charge in [-0.15, -0.1) is 0 Å². The fourth-order valence-electron chi connectivity index (χ4n) is 1.24. The van der Waals surface area contributed by atoms with Crippen LogP contribution in [0.25, 0.3) is 11.3 Å². The Hall–Kier alpha value is -1.90. The standard InChI is InChI=1S/C11H10N2O/c1-8-2-3-10(13-7-8)9-4-5-12-11(14)6-9/h2-7H,1H3,(H,12,14). The van der Waals surface area contributed by atoms with Crippen LogP contribution in [0.4, 0.5) is 0 Å². The molecule has 0 amide bonds. The predicted molar refractivity (Wildman–Crippen MR) is 55.0 cm³/mol. The summed E-state index contributed by atoms with van der Waals surface area (Å²) < 4.78 is 0. The smallest absolute Gasteiger partial charge is 0.248 e. The van der Waals surface area contributed by atoms with Gasteiger partial charge in [0, 0.05) is 24.0 Å². The van der Waals surface area contributed by atoms with Crippen molar-refractivity contribution >= 4 is 0 Å². The second-order valence-corrected chi connectivity index (χ2v) is 3.16. The van der Waals surface area contributed by atoms with Crippen molar-refractivity contribution in [2.75, 3.05) is 0 Å². The molecule has 0 saturated carbocycles. The topological polar surface area (TPSA) is 45.8 Å². The minimum atomic E-state index is -0.107. The lowest BCUT2D eigenvalue weighted by Crippen LogP contribution is -2.02. The van der Waals surface area contributed by atoms with Gasteiger partial charge in [0.2, 0.25) is 5.56 Å². The molecule has 0 unspecified atom stereocenters. The van der Waals surface area contributed by atoms with E-state index in [1.165, 1.54) is 6.07 Å². The first-order chi connectivity index (χ1) is 6.75. The largest absolute Gasteiger partial charge is 0.329 e. The van der Waals surface area contributed by atoms with E-state index in [0.717, 1.165) is 16.8 Å². The summed E-state index contributed by atoms with van der Waals surface area (Å²) in [7, 11) is 0. The molecule has 0 bridgehead atoms. The molecule has 0 aliphatic carbocycles. The predicted octanol–water partition coefficient (Wildman–Crippen LogP) is 1.75. The fourth-order valence-corrected chi connectivity index (χ4v) is 1.24. The summed E-state index contributed by atoms with van der Waals surface area (Å²) in [6.45, 7) is 1.98. The normalized spacial score (nSPS) is 10.1. The maximum atomic E-state index is 11.0. The molecule has 2 aromatic heterocycles. The molecule has 3 heteroatoms. The van der Waals surface area contributed by atoms with E-state index in [1.54, 1.807) is 12.4 Å². The van der Waals surface area contributed by atoms with Gasteiger partial charge in [0.05, 0.1) is 5.69 Å². The van der Waals surface area contributed by atoms with E-state index in [1.807, 2.05) is 25.1 Å². The first kappa shape index (κ1) is 8.69. The molecule has 2 aromatic rings. The van der Waals surface area contributed by atoms with E-state index in [-0.39, 0.29) is 5.56 Å². The first-order valence-electron chi connectivity index (χ1n) is 4.37. The maximum absolute atomic E-state index is 11.0. The zero-order chi connectivity index (χ0) is 9.97. The molecule has 0 aliphatic heterocycles. The molecule has 0 atom stereocenters. The fraction of sp³-hybridized carbons (Fsp3) is 0.0909. The Kier molecular flexibility index (Phi) is 2.14. The Labute approximate surface area is 81.5 Å². The summed E-state index contributed by atoms with van der Waals surface area (Å²) in [4.78, 5) is 17.9. The molecule has 2 heterocycles. The quantitative estimate of drug-likeness (QED) is 0.737. The van der Waals surface area contributed by atoms with Crippen molar-refractivity contribution in [1.29, 1.82) is 0 Å². The maximum Gasteiger partial charge on any atom is 0.248 e. The molecule has 2 rings (SSSR count). The van der Waals surface area contributed by atoms with E-state index in [2.05, 4.69) is 9.97 Å². The summed E-state index contributed by atoms with van der Waals surface area (Å²) in [6.07, 6.45) is 3.41. The molecule has 0 aliphatic rings. The van der Waals surface area contributed by atoms with Crippen LogP contribution in [0, 0.1) is 6.92 Å². The van der Waals surface area contributed by atoms with Crippen molar-refractivity contribution in [1.82, 2.24) is 9.97 Å². The summed E-state index contributed by atoms with van der Waals surface area (Å²) in [5, 5.41) is 0. The highest BCUT2D eigenvalue weighted by atomic mass is 16.1. The van der Waals surface area contributed by atoms with Crippen LogP contribution in [-0.4, -0.2) is 9.97 Å². The van der Waals surface area contributed by atoms with Crippen LogP contribution in [0.3, 0.4) is 0 Å². The third-order valence-corrected chi connectivity index (χ3v) is 1.98. The van der Waals surface area contributed by atoms with E-state index < -0.39 is 0 Å². The van der Waals surface area contributed by atoms with Crippen LogP contribution in [-0.2, 0) is 0 Å². The van der Waals surface area contributed by atoms with E-state index in [9.17, 15) is 4.79 Å². The van der Waals surface area contributed by atoms with Crippen LogP contribution >= 0.6 is 0 Å². The number of aromatic nitrogens is 2. The third kappa shape index (κ3) is 1.71. The number of nitrogens with one attached hydrogen (secondary N) is 1. The lowest BCUT2D eigenvalue weighted by molar-refractivity contribution is 1.22. The van der Waals surface area contributed by atoms with Crippen LogP contribution < -0.4 is 5.56 Å². The SMILES string of the molecule is Cc1ccc(-c2cc[nH]c(=O)c2)nc1. The lowest BCUT2D eigenvalue weighted by Gasteiger charge is -1.99. The third-order valence-electron chi connectivity index (χ3n) is 1.98. The summed E-state index contributed by atoms with van der Waals surface area (Å²) in [5.74, 6) is 0. The Balaban J connectivity index is 2.50. The molecule has 0 aromatic carbocycles. The van der Waals surface area contributed by atoms with Gasteiger partial charge in [0.25, 0.3) is 0 Å². The van der Waals surface area contributed by atoms with E-state index >= 15 is 0 Å². The monoisotopic (exact) mass is 186 g/mol. The van der Waals surface area contributed by atoms with Gasteiger partial charge in [-0.1, -0.05) is 6.07 Å². The van der Waals surface area contributed by atoms with Crippen molar-refractivity contribution in [3.05, 3.63) is 52.6 Å². The van der Waals surface area contributed by atoms with Gasteiger partial charge < -0.3 is 4.98 Å². The molecule has 0 fully saturated rings. The number of aromatic amines is 1. The molecule has 0 spiro atoms. The van der Waals surface area contributed by atoms with Crippen molar-refractivity contribution in [3.63, 3.8) is 0 Å². The molecule has 3 nitrogen and oxygen atoms in total. The van der Waals surface area contributed by atoms with Gasteiger partial charge in [-0.25, -0.2) is 0 Å². The van der Waals surface area contributed by atoms with E-state index in [4.69, 9.17) is 0 Å². The van der Waals surface area contributed by atoms with Crippen LogP contribution in [0.1, 0.15) is 5.56 Å². The van der Waals surface area contributed by atoms with Crippen molar-refractivity contribution in [3.8, 4) is 11.3 Å². The molecular formula is C11H10N2O. The number of rotatable bonds is 1. The molecule has 70 valence electrons. The Morgan fingerprint density at radius 3 is 2.79 bits per heavy atom. The number of hydrogen-bond acceptors (Lipinski definition) is 2. The Bertz CT molecular complexity index is 485. The zero-order valence-corrected chi connectivity index (χ0v) is 7.82. The van der Waals surface area contributed by atoms with Gasteiger partial charge in [0.1, 0.15) is 0 Å². The number of aryl methyl sites for hydroxylation is 1. The van der Waals surface area contributed by atoms with Gasteiger partial charge in [-0.2, -0.15) is 0 Å². The number of hydrogen-bond donors (Lipinski definition) is 1. The second-order valence-electron chi connectivity index (χ2n) is 3.16. The molecule has 0 radical (unpaired) electrons. The van der Waals surface area contributed by atoms with Gasteiger partial charge in [-0.3, -0.25) is 9.78 Å². The second kappa shape index (κ2) is 3.46. The minimum Gasteiger partial charge on any atom is -0.329 e. The van der Waals surface area contributed by atoms with Crippen LogP contribution in [0.15, 0.2) is 41.5 Å². The highest BCUT2D eigenvalue weighted by Crippen LogP contribution is 2.13. The zero-order valence-electron chi connectivity index (χ0n) is 7.82. The van der Waals surface area contributed by atoms with Crippen LogP contribution in [0.2, 0.25) is 0 Å². The summed E-state index contributed by atoms with van der Waals surface area (Å²) in [6, 6.07) is 7.25. The van der Waals surface area contributed by atoms with Gasteiger partial charge in [-0.05, 0) is 24.6 Å². The number of pyridine rings is 2. The average molecular weight is 186 g/mol. The van der Waals surface area contributed by atoms with Crippen molar-refractivity contribution < 1.29 is 0 Å². The average Bonchev–Trinajstić information content (AvgIpc) is 2.19. The van der Waals surface area contributed by atoms with Crippen molar-refractivity contribution in [2.24, 2.45) is 0 Å².